The highest BCUT2D eigenvalue weighted by Gasteiger charge is 2.17. The van der Waals surface area contributed by atoms with Crippen molar-refractivity contribution in [2.45, 2.75) is 13.0 Å². The first-order valence-corrected chi connectivity index (χ1v) is 6.84. The molecule has 2 N–H and O–H groups in total. The first kappa shape index (κ1) is 13.7. The third kappa shape index (κ3) is 2.30. The lowest BCUT2D eigenvalue weighted by Gasteiger charge is -2.15. The lowest BCUT2D eigenvalue weighted by atomic mass is 10.2. The first-order chi connectivity index (χ1) is 10.1. The van der Waals surface area contributed by atoms with E-state index in [0.717, 1.165) is 0 Å². The molecular weight excluding hydrogens is 288 g/mol. The van der Waals surface area contributed by atoms with E-state index in [1.165, 1.54) is 4.57 Å². The second-order valence-corrected chi connectivity index (χ2v) is 5.15. The minimum absolute atomic E-state index is 0.245. The molecule has 0 bridgehead atoms. The van der Waals surface area contributed by atoms with Crippen molar-refractivity contribution in [3.8, 4) is 5.69 Å². The van der Waals surface area contributed by atoms with Crippen molar-refractivity contribution < 1.29 is 0 Å². The predicted molar refractivity (Wildman–Crippen MR) is 82.7 cm³/mol. The van der Waals surface area contributed by atoms with E-state index in [-0.39, 0.29) is 5.56 Å². The van der Waals surface area contributed by atoms with Crippen LogP contribution in [0.25, 0.3) is 16.6 Å². The number of nitrogens with two attached hydrogens (primary N) is 1. The number of pyridine rings is 1. The predicted octanol–water partition coefficient (Wildman–Crippen LogP) is 2.45. The Balaban J connectivity index is 2.47. The van der Waals surface area contributed by atoms with Gasteiger partial charge in [-0.15, -0.1) is 0 Å². The number of hydrogen-bond donors (Lipinski definition) is 1. The molecule has 0 fully saturated rings. The number of fused-ring (bicyclic) bond motifs is 1. The quantitative estimate of drug-likeness (QED) is 0.789. The molecule has 0 saturated carbocycles. The Morgan fingerprint density at radius 1 is 1.29 bits per heavy atom. The molecule has 1 atom stereocenters. The average Bonchev–Trinajstić information content (AvgIpc) is 2.47. The molecule has 21 heavy (non-hydrogen) atoms. The molecule has 0 radical (unpaired) electrons. The van der Waals surface area contributed by atoms with E-state index in [4.69, 9.17) is 17.3 Å². The van der Waals surface area contributed by atoms with Gasteiger partial charge >= 0.3 is 0 Å². The number of hydrogen-bond acceptors (Lipinski definition) is 4. The van der Waals surface area contributed by atoms with Crippen LogP contribution >= 0.6 is 11.6 Å². The number of rotatable bonds is 2. The highest BCUT2D eigenvalue weighted by Crippen LogP contribution is 2.21. The van der Waals surface area contributed by atoms with Crippen LogP contribution in [0, 0.1) is 0 Å². The van der Waals surface area contributed by atoms with Gasteiger partial charge in [0.1, 0.15) is 5.82 Å². The van der Waals surface area contributed by atoms with Crippen molar-refractivity contribution in [2.24, 2.45) is 5.73 Å². The maximum Gasteiger partial charge on any atom is 0.267 e. The summed E-state index contributed by atoms with van der Waals surface area (Å²) >= 11 is 6.15. The summed E-state index contributed by atoms with van der Waals surface area (Å²) in [6.07, 6.45) is 3.24. The van der Waals surface area contributed by atoms with Gasteiger partial charge in [0, 0.05) is 6.20 Å². The standard InChI is InChI=1S/C15H13ClN4O/c1-9(17)14-19-12-6-2-5-11(16)13(12)15(21)20(14)10-4-3-7-18-8-10/h2-9H,17H2,1H3/t9-/m0/s1. The van der Waals surface area contributed by atoms with Gasteiger partial charge in [0.15, 0.2) is 0 Å². The zero-order valence-electron chi connectivity index (χ0n) is 11.3. The smallest absolute Gasteiger partial charge is 0.267 e. The van der Waals surface area contributed by atoms with Crippen molar-refractivity contribution in [3.05, 3.63) is 63.9 Å². The van der Waals surface area contributed by atoms with Crippen LogP contribution in [0.2, 0.25) is 5.02 Å². The van der Waals surface area contributed by atoms with Crippen LogP contribution < -0.4 is 11.3 Å². The fourth-order valence-corrected chi connectivity index (χ4v) is 2.50. The molecule has 0 aliphatic heterocycles. The van der Waals surface area contributed by atoms with Crippen molar-refractivity contribution in [3.63, 3.8) is 0 Å². The topological polar surface area (TPSA) is 73.8 Å². The van der Waals surface area contributed by atoms with Gasteiger partial charge in [0.2, 0.25) is 0 Å². The molecule has 0 spiro atoms. The van der Waals surface area contributed by atoms with Crippen LogP contribution in [0.4, 0.5) is 0 Å². The minimum atomic E-state index is -0.402. The summed E-state index contributed by atoms with van der Waals surface area (Å²) in [5.41, 5.74) is 6.89. The SMILES string of the molecule is C[C@H](N)c1nc2cccc(Cl)c2c(=O)n1-c1cccnc1. The Morgan fingerprint density at radius 2 is 2.10 bits per heavy atom. The molecule has 0 aliphatic carbocycles. The van der Waals surface area contributed by atoms with Gasteiger partial charge in [-0.25, -0.2) is 4.98 Å². The van der Waals surface area contributed by atoms with Crippen molar-refractivity contribution >= 4 is 22.5 Å². The van der Waals surface area contributed by atoms with Crippen LogP contribution in [-0.2, 0) is 0 Å². The number of benzene rings is 1. The molecule has 3 aromatic rings. The molecule has 2 heterocycles. The normalized spacial score (nSPS) is 12.5. The van der Waals surface area contributed by atoms with Crippen LogP contribution in [0.15, 0.2) is 47.5 Å². The molecule has 1 aromatic carbocycles. The Kier molecular flexibility index (Phi) is 3.45. The van der Waals surface area contributed by atoms with Gasteiger partial charge in [-0.05, 0) is 31.2 Å². The van der Waals surface area contributed by atoms with Gasteiger partial charge in [-0.2, -0.15) is 0 Å². The van der Waals surface area contributed by atoms with Crippen LogP contribution in [0.5, 0.6) is 0 Å². The number of aromatic nitrogens is 3. The molecule has 6 heteroatoms. The van der Waals surface area contributed by atoms with Crippen molar-refractivity contribution in [1.29, 1.82) is 0 Å². The maximum absolute atomic E-state index is 12.8. The van der Waals surface area contributed by atoms with Gasteiger partial charge in [0.05, 0.1) is 33.9 Å². The highest BCUT2D eigenvalue weighted by molar-refractivity contribution is 6.35. The summed E-state index contributed by atoms with van der Waals surface area (Å²) in [6.45, 7) is 1.78. The third-order valence-corrected chi connectivity index (χ3v) is 3.50. The largest absolute Gasteiger partial charge is 0.322 e. The van der Waals surface area contributed by atoms with Gasteiger partial charge in [0.25, 0.3) is 5.56 Å². The van der Waals surface area contributed by atoms with Crippen molar-refractivity contribution in [2.75, 3.05) is 0 Å². The molecule has 5 nitrogen and oxygen atoms in total. The zero-order valence-corrected chi connectivity index (χ0v) is 12.1. The Hall–Kier alpha value is -2.24. The summed E-state index contributed by atoms with van der Waals surface area (Å²) in [4.78, 5) is 21.4. The van der Waals surface area contributed by atoms with Gasteiger partial charge in [-0.3, -0.25) is 14.3 Å². The summed E-state index contributed by atoms with van der Waals surface area (Å²) in [6, 6.07) is 8.32. The minimum Gasteiger partial charge on any atom is -0.322 e. The van der Waals surface area contributed by atoms with Gasteiger partial charge in [-0.1, -0.05) is 17.7 Å². The lowest BCUT2D eigenvalue weighted by molar-refractivity contribution is 0.695. The van der Waals surface area contributed by atoms with Crippen molar-refractivity contribution in [1.82, 2.24) is 14.5 Å². The van der Waals surface area contributed by atoms with E-state index in [1.807, 2.05) is 0 Å². The third-order valence-electron chi connectivity index (χ3n) is 3.18. The molecule has 2 aromatic heterocycles. The molecular formula is C15H13ClN4O. The maximum atomic E-state index is 12.8. The van der Waals surface area contributed by atoms with E-state index >= 15 is 0 Å². The first-order valence-electron chi connectivity index (χ1n) is 6.46. The van der Waals surface area contributed by atoms with E-state index in [1.54, 1.807) is 49.6 Å². The molecule has 0 unspecified atom stereocenters. The zero-order chi connectivity index (χ0) is 15.0. The van der Waals surface area contributed by atoms with Crippen LogP contribution in [-0.4, -0.2) is 14.5 Å². The second-order valence-electron chi connectivity index (χ2n) is 4.74. The van der Waals surface area contributed by atoms with Crippen LogP contribution in [0.1, 0.15) is 18.8 Å². The van der Waals surface area contributed by atoms with E-state index < -0.39 is 6.04 Å². The summed E-state index contributed by atoms with van der Waals surface area (Å²) in [7, 11) is 0. The van der Waals surface area contributed by atoms with Gasteiger partial charge < -0.3 is 5.73 Å². The number of halogens is 1. The fourth-order valence-electron chi connectivity index (χ4n) is 2.25. The Labute approximate surface area is 126 Å². The molecule has 0 amide bonds. The van der Waals surface area contributed by atoms with E-state index in [2.05, 4.69) is 9.97 Å². The Morgan fingerprint density at radius 3 is 2.76 bits per heavy atom. The highest BCUT2D eigenvalue weighted by atomic mass is 35.5. The molecule has 106 valence electrons. The monoisotopic (exact) mass is 300 g/mol. The van der Waals surface area contributed by atoms with E-state index in [9.17, 15) is 4.79 Å². The molecule has 3 rings (SSSR count). The molecule has 0 aliphatic rings. The van der Waals surface area contributed by atoms with E-state index in [0.29, 0.717) is 27.4 Å². The summed E-state index contributed by atoms with van der Waals surface area (Å²) < 4.78 is 1.46. The second kappa shape index (κ2) is 5.27. The fraction of sp³-hybridized carbons (Fsp3) is 0.133. The van der Waals surface area contributed by atoms with Crippen LogP contribution in [0.3, 0.4) is 0 Å². The Bertz CT molecular complexity index is 859. The summed E-state index contributed by atoms with van der Waals surface area (Å²) in [5.74, 6) is 0.475. The molecule has 0 saturated heterocycles. The lowest BCUT2D eigenvalue weighted by Crippen LogP contribution is -2.27. The number of nitrogens with zero attached hydrogens (tertiary/aromatic N) is 3. The average molecular weight is 301 g/mol. The summed E-state index contributed by atoms with van der Waals surface area (Å²) in [5, 5.41) is 0.756.